The zero-order chi connectivity index (χ0) is 20.3. The molecule has 1 amide bonds. The molecule has 144 valence electrons. The SMILES string of the molecule is CN(C)C(=N)c1ccc(-c2cc(CNC(=O)c3ccc(Cl)s3)ccc2F)cc1. The monoisotopic (exact) mass is 415 g/mol. The maximum absolute atomic E-state index is 14.4. The Morgan fingerprint density at radius 1 is 1.14 bits per heavy atom. The van der Waals surface area contributed by atoms with E-state index in [0.717, 1.165) is 11.1 Å². The molecule has 0 radical (unpaired) electrons. The molecule has 0 aliphatic heterocycles. The van der Waals surface area contributed by atoms with Crippen LogP contribution in [0.15, 0.2) is 54.6 Å². The number of nitrogens with one attached hydrogen (secondary N) is 2. The highest BCUT2D eigenvalue weighted by atomic mass is 35.5. The molecule has 0 aliphatic carbocycles. The Balaban J connectivity index is 1.76. The van der Waals surface area contributed by atoms with Gasteiger partial charge in [0.1, 0.15) is 11.7 Å². The number of amidine groups is 1. The molecule has 4 nitrogen and oxygen atoms in total. The maximum Gasteiger partial charge on any atom is 0.261 e. The minimum absolute atomic E-state index is 0.214. The van der Waals surface area contributed by atoms with Gasteiger partial charge in [-0.05, 0) is 35.4 Å². The number of carbonyl (C=O) groups excluding carboxylic acids is 1. The lowest BCUT2D eigenvalue weighted by molar-refractivity contribution is 0.0955. The van der Waals surface area contributed by atoms with Gasteiger partial charge in [-0.1, -0.05) is 41.9 Å². The Hall–Kier alpha value is -2.70. The molecular weight excluding hydrogens is 397 g/mol. The molecule has 0 atom stereocenters. The lowest BCUT2D eigenvalue weighted by atomic mass is 10.0. The summed E-state index contributed by atoms with van der Waals surface area (Å²) in [7, 11) is 3.61. The van der Waals surface area contributed by atoms with Crippen LogP contribution in [0, 0.1) is 11.2 Å². The van der Waals surface area contributed by atoms with Crippen LogP contribution in [-0.4, -0.2) is 30.7 Å². The van der Waals surface area contributed by atoms with Gasteiger partial charge in [-0.15, -0.1) is 11.3 Å². The van der Waals surface area contributed by atoms with E-state index >= 15 is 0 Å². The second-order valence-electron chi connectivity index (χ2n) is 6.42. The second-order valence-corrected chi connectivity index (χ2v) is 8.14. The number of benzene rings is 2. The molecule has 28 heavy (non-hydrogen) atoms. The van der Waals surface area contributed by atoms with Crippen molar-refractivity contribution >= 4 is 34.7 Å². The standard InChI is InChI=1S/C21H19ClFN3OS/c1-26(2)20(24)15-6-4-14(5-7-15)16-11-13(3-8-17(16)23)12-25-21(27)18-9-10-19(22)28-18/h3-11,24H,12H2,1-2H3,(H,25,27). The average Bonchev–Trinajstić information content (AvgIpc) is 3.13. The number of thiophene rings is 1. The van der Waals surface area contributed by atoms with Crippen molar-refractivity contribution in [2.45, 2.75) is 6.54 Å². The third-order valence-corrected chi connectivity index (χ3v) is 5.43. The number of nitrogens with zero attached hydrogens (tertiary/aromatic N) is 1. The minimum atomic E-state index is -0.337. The quantitative estimate of drug-likeness (QED) is 0.454. The van der Waals surface area contributed by atoms with Crippen LogP contribution in [0.4, 0.5) is 4.39 Å². The predicted octanol–water partition coefficient (Wildman–Crippen LogP) is 5.02. The minimum Gasteiger partial charge on any atom is -0.363 e. The van der Waals surface area contributed by atoms with Crippen molar-refractivity contribution in [2.24, 2.45) is 0 Å². The summed E-state index contributed by atoms with van der Waals surface area (Å²) in [5.41, 5.74) is 2.71. The molecule has 1 heterocycles. The number of carbonyl (C=O) groups is 1. The van der Waals surface area contributed by atoms with Gasteiger partial charge in [0.25, 0.3) is 5.91 Å². The number of halogens is 2. The summed E-state index contributed by atoms with van der Waals surface area (Å²) in [4.78, 5) is 14.4. The van der Waals surface area contributed by atoms with E-state index in [1.54, 1.807) is 67.5 Å². The smallest absolute Gasteiger partial charge is 0.261 e. The van der Waals surface area contributed by atoms with Gasteiger partial charge in [0.15, 0.2) is 0 Å². The molecule has 7 heteroatoms. The van der Waals surface area contributed by atoms with Crippen LogP contribution in [0.25, 0.3) is 11.1 Å². The largest absolute Gasteiger partial charge is 0.363 e. The van der Waals surface area contributed by atoms with Gasteiger partial charge in [0, 0.05) is 31.8 Å². The first kappa shape index (κ1) is 20.0. The summed E-state index contributed by atoms with van der Waals surface area (Å²) in [5, 5.41) is 10.8. The van der Waals surface area contributed by atoms with Gasteiger partial charge >= 0.3 is 0 Å². The molecule has 0 saturated heterocycles. The topological polar surface area (TPSA) is 56.2 Å². The van der Waals surface area contributed by atoms with Crippen molar-refractivity contribution in [3.63, 3.8) is 0 Å². The first-order chi connectivity index (χ1) is 13.3. The first-order valence-corrected chi connectivity index (χ1v) is 9.73. The summed E-state index contributed by atoms with van der Waals surface area (Å²) in [5.74, 6) is -0.165. The van der Waals surface area contributed by atoms with E-state index in [-0.39, 0.29) is 18.3 Å². The molecule has 2 aromatic carbocycles. The molecule has 0 unspecified atom stereocenters. The van der Waals surface area contributed by atoms with Crippen molar-refractivity contribution in [2.75, 3.05) is 14.1 Å². The van der Waals surface area contributed by atoms with Crippen molar-refractivity contribution in [3.8, 4) is 11.1 Å². The Bertz CT molecular complexity index is 1010. The zero-order valence-corrected chi connectivity index (χ0v) is 17.0. The van der Waals surface area contributed by atoms with E-state index in [9.17, 15) is 9.18 Å². The lowest BCUT2D eigenvalue weighted by Gasteiger charge is -2.14. The van der Waals surface area contributed by atoms with Crippen LogP contribution in [0.5, 0.6) is 0 Å². The van der Waals surface area contributed by atoms with E-state index < -0.39 is 0 Å². The van der Waals surface area contributed by atoms with Crippen LogP contribution in [-0.2, 0) is 6.54 Å². The summed E-state index contributed by atoms with van der Waals surface area (Å²) in [6.45, 7) is 0.283. The van der Waals surface area contributed by atoms with E-state index in [0.29, 0.717) is 26.2 Å². The van der Waals surface area contributed by atoms with Gasteiger partial charge in [0.2, 0.25) is 0 Å². The Morgan fingerprint density at radius 3 is 2.46 bits per heavy atom. The van der Waals surface area contributed by atoms with E-state index in [1.807, 2.05) is 0 Å². The van der Waals surface area contributed by atoms with Crippen molar-refractivity contribution in [3.05, 3.63) is 80.8 Å². The predicted molar refractivity (Wildman–Crippen MR) is 113 cm³/mol. The lowest BCUT2D eigenvalue weighted by Crippen LogP contribution is -2.21. The van der Waals surface area contributed by atoms with Gasteiger partial charge in [0.05, 0.1) is 9.21 Å². The number of hydrogen-bond acceptors (Lipinski definition) is 3. The molecule has 2 N–H and O–H groups in total. The molecule has 3 rings (SSSR count). The molecule has 0 fully saturated rings. The molecule has 3 aromatic rings. The van der Waals surface area contributed by atoms with Crippen molar-refractivity contribution < 1.29 is 9.18 Å². The normalized spacial score (nSPS) is 10.6. The fraction of sp³-hybridized carbons (Fsp3) is 0.143. The Labute approximate surface area is 172 Å². The van der Waals surface area contributed by atoms with Gasteiger partial charge in [-0.25, -0.2) is 4.39 Å². The fourth-order valence-corrected chi connectivity index (χ4v) is 3.63. The third kappa shape index (κ3) is 4.58. The molecule has 0 spiro atoms. The van der Waals surface area contributed by atoms with E-state index in [2.05, 4.69) is 5.32 Å². The number of rotatable bonds is 5. The highest BCUT2D eigenvalue weighted by molar-refractivity contribution is 7.17. The Kier molecular flexibility index (Phi) is 6.11. The number of hydrogen-bond donors (Lipinski definition) is 2. The van der Waals surface area contributed by atoms with Crippen LogP contribution in [0.3, 0.4) is 0 Å². The maximum atomic E-state index is 14.4. The van der Waals surface area contributed by atoms with Crippen LogP contribution in [0.2, 0.25) is 4.34 Å². The molecular formula is C21H19ClFN3OS. The summed E-state index contributed by atoms with van der Waals surface area (Å²) >= 11 is 7.07. The van der Waals surface area contributed by atoms with Crippen LogP contribution in [0.1, 0.15) is 20.8 Å². The highest BCUT2D eigenvalue weighted by Gasteiger charge is 2.11. The van der Waals surface area contributed by atoms with Gasteiger partial charge < -0.3 is 10.2 Å². The molecule has 0 saturated carbocycles. The van der Waals surface area contributed by atoms with Gasteiger partial charge in [-0.2, -0.15) is 0 Å². The zero-order valence-electron chi connectivity index (χ0n) is 15.4. The fourth-order valence-electron chi connectivity index (χ4n) is 2.68. The summed E-state index contributed by atoms with van der Waals surface area (Å²) in [6, 6.07) is 15.3. The van der Waals surface area contributed by atoms with Crippen LogP contribution >= 0.6 is 22.9 Å². The van der Waals surface area contributed by atoms with Crippen molar-refractivity contribution in [1.29, 1.82) is 5.41 Å². The number of amides is 1. The first-order valence-electron chi connectivity index (χ1n) is 8.54. The van der Waals surface area contributed by atoms with Crippen molar-refractivity contribution in [1.82, 2.24) is 10.2 Å². The average molecular weight is 416 g/mol. The second kappa shape index (κ2) is 8.54. The Morgan fingerprint density at radius 2 is 1.86 bits per heavy atom. The molecule has 1 aromatic heterocycles. The van der Waals surface area contributed by atoms with Crippen LogP contribution < -0.4 is 5.32 Å². The molecule has 0 aliphatic rings. The molecule has 0 bridgehead atoms. The van der Waals surface area contributed by atoms with E-state index in [4.69, 9.17) is 17.0 Å². The summed E-state index contributed by atoms with van der Waals surface area (Å²) in [6.07, 6.45) is 0. The van der Waals surface area contributed by atoms with E-state index in [1.165, 1.54) is 17.4 Å². The summed E-state index contributed by atoms with van der Waals surface area (Å²) < 4.78 is 14.9. The highest BCUT2D eigenvalue weighted by Crippen LogP contribution is 2.25. The van der Waals surface area contributed by atoms with Gasteiger partial charge in [-0.3, -0.25) is 10.2 Å². The third-order valence-electron chi connectivity index (χ3n) is 4.20.